The Bertz CT molecular complexity index is 1310. The Labute approximate surface area is 190 Å². The first-order chi connectivity index (χ1) is 15.9. The third-order valence-electron chi connectivity index (χ3n) is 6.08. The molecule has 0 unspecified atom stereocenters. The largest absolute Gasteiger partial charge is 0.368 e. The van der Waals surface area contributed by atoms with Gasteiger partial charge in [-0.05, 0) is 38.3 Å². The van der Waals surface area contributed by atoms with E-state index in [-0.39, 0.29) is 11.4 Å². The topological polar surface area (TPSA) is 145 Å². The first-order valence-corrected chi connectivity index (χ1v) is 10.7. The van der Waals surface area contributed by atoms with Crippen LogP contribution in [0.1, 0.15) is 44.5 Å². The van der Waals surface area contributed by atoms with Crippen molar-refractivity contribution in [3.8, 4) is 28.8 Å². The molecule has 0 spiro atoms. The fraction of sp³-hybridized carbons (Fsp3) is 0.348. The molecule has 33 heavy (non-hydrogen) atoms. The molecule has 0 bridgehead atoms. The summed E-state index contributed by atoms with van der Waals surface area (Å²) in [5.41, 5.74) is 8.09. The molecule has 0 aromatic carbocycles. The number of nitrogens with zero attached hydrogens (tertiary/aromatic N) is 8. The average molecular weight is 441 g/mol. The molecule has 4 aromatic heterocycles. The SMILES string of the molecule is CC(C)(C#N)Cn1cc(-c2nc(C3(c4ccc(-c5cnc(N)nc5)nc4)CCC3)no2)cn1. The second-order valence-electron chi connectivity index (χ2n) is 9.04. The lowest BCUT2D eigenvalue weighted by atomic mass is 9.64. The van der Waals surface area contributed by atoms with Crippen LogP contribution in [0, 0.1) is 16.7 Å². The van der Waals surface area contributed by atoms with Crippen LogP contribution in [0.3, 0.4) is 0 Å². The van der Waals surface area contributed by atoms with Crippen molar-refractivity contribution in [1.29, 1.82) is 5.26 Å². The minimum atomic E-state index is -0.517. The number of nitrogens with two attached hydrogens (primary N) is 1. The minimum Gasteiger partial charge on any atom is -0.368 e. The van der Waals surface area contributed by atoms with Crippen LogP contribution in [0.25, 0.3) is 22.7 Å². The Morgan fingerprint density at radius 1 is 1.12 bits per heavy atom. The van der Waals surface area contributed by atoms with Gasteiger partial charge < -0.3 is 10.3 Å². The maximum Gasteiger partial charge on any atom is 0.261 e. The smallest absolute Gasteiger partial charge is 0.261 e. The van der Waals surface area contributed by atoms with E-state index in [1.807, 2.05) is 32.3 Å². The first-order valence-electron chi connectivity index (χ1n) is 10.7. The maximum atomic E-state index is 9.26. The van der Waals surface area contributed by atoms with Gasteiger partial charge in [0.15, 0.2) is 5.82 Å². The molecule has 2 N–H and O–H groups in total. The highest BCUT2D eigenvalue weighted by atomic mass is 16.5. The number of hydrogen-bond acceptors (Lipinski definition) is 9. The van der Waals surface area contributed by atoms with E-state index in [9.17, 15) is 5.26 Å². The second kappa shape index (κ2) is 7.78. The van der Waals surface area contributed by atoms with Crippen LogP contribution in [0.5, 0.6) is 0 Å². The molecule has 0 saturated heterocycles. The molecule has 10 nitrogen and oxygen atoms in total. The molecule has 0 atom stereocenters. The van der Waals surface area contributed by atoms with Gasteiger partial charge in [0.2, 0.25) is 5.95 Å². The third kappa shape index (κ3) is 3.82. The zero-order chi connectivity index (χ0) is 23.1. The summed E-state index contributed by atoms with van der Waals surface area (Å²) in [6.07, 6.45) is 11.6. The molecule has 1 aliphatic carbocycles. The molecule has 4 aromatic rings. The predicted molar refractivity (Wildman–Crippen MR) is 119 cm³/mol. The number of rotatable bonds is 6. The molecular weight excluding hydrogens is 418 g/mol. The van der Waals surface area contributed by atoms with Crippen molar-refractivity contribution in [2.24, 2.45) is 5.41 Å². The number of aromatic nitrogens is 7. The van der Waals surface area contributed by atoms with Gasteiger partial charge in [0.25, 0.3) is 5.89 Å². The summed E-state index contributed by atoms with van der Waals surface area (Å²) in [5, 5.41) is 17.9. The molecule has 0 aliphatic heterocycles. The van der Waals surface area contributed by atoms with Gasteiger partial charge in [-0.1, -0.05) is 17.6 Å². The summed E-state index contributed by atoms with van der Waals surface area (Å²) in [5.74, 6) is 1.30. The van der Waals surface area contributed by atoms with E-state index in [0.29, 0.717) is 18.3 Å². The van der Waals surface area contributed by atoms with Crippen LogP contribution in [0.2, 0.25) is 0 Å². The van der Waals surface area contributed by atoms with E-state index in [2.05, 4.69) is 37.3 Å². The minimum absolute atomic E-state index is 0.232. The number of pyridine rings is 1. The number of nitrogen functional groups attached to an aromatic ring is 1. The van der Waals surface area contributed by atoms with Crippen LogP contribution in [0.4, 0.5) is 5.95 Å². The lowest BCUT2D eigenvalue weighted by Crippen LogP contribution is -2.36. The Kier molecular flexibility index (Phi) is 4.89. The molecular formula is C23H23N9O. The predicted octanol–water partition coefficient (Wildman–Crippen LogP) is 3.39. The summed E-state index contributed by atoms with van der Waals surface area (Å²) in [4.78, 5) is 17.4. The third-order valence-corrected chi connectivity index (χ3v) is 6.08. The number of nitriles is 1. The van der Waals surface area contributed by atoms with Crippen molar-refractivity contribution in [2.45, 2.75) is 45.1 Å². The Morgan fingerprint density at radius 2 is 1.91 bits per heavy atom. The monoisotopic (exact) mass is 441 g/mol. The van der Waals surface area contributed by atoms with Crippen LogP contribution in [-0.2, 0) is 12.0 Å². The van der Waals surface area contributed by atoms with Crippen molar-refractivity contribution in [3.63, 3.8) is 0 Å². The molecule has 5 rings (SSSR count). The van der Waals surface area contributed by atoms with E-state index in [0.717, 1.165) is 41.6 Å². The summed E-state index contributed by atoms with van der Waals surface area (Å²) in [6.45, 7) is 4.23. The molecule has 1 saturated carbocycles. The molecule has 1 aliphatic rings. The normalized spacial score (nSPS) is 15.1. The number of anilines is 1. The Hall–Kier alpha value is -4.13. The van der Waals surface area contributed by atoms with Gasteiger partial charge in [-0.25, -0.2) is 9.97 Å². The quantitative estimate of drug-likeness (QED) is 0.475. The van der Waals surface area contributed by atoms with Crippen LogP contribution in [0.15, 0.2) is 47.6 Å². The summed E-state index contributed by atoms with van der Waals surface area (Å²) >= 11 is 0. The summed E-state index contributed by atoms with van der Waals surface area (Å²) in [6, 6.07) is 6.28. The lowest BCUT2D eigenvalue weighted by Gasteiger charge is -2.39. The Morgan fingerprint density at radius 3 is 2.55 bits per heavy atom. The molecule has 0 radical (unpaired) electrons. The second-order valence-corrected chi connectivity index (χ2v) is 9.04. The van der Waals surface area contributed by atoms with Crippen molar-refractivity contribution in [1.82, 2.24) is 34.9 Å². The van der Waals surface area contributed by atoms with Gasteiger partial charge in [0.05, 0.1) is 40.9 Å². The summed E-state index contributed by atoms with van der Waals surface area (Å²) < 4.78 is 7.33. The first kappa shape index (κ1) is 20.8. The van der Waals surface area contributed by atoms with Crippen molar-refractivity contribution in [2.75, 3.05) is 5.73 Å². The van der Waals surface area contributed by atoms with Gasteiger partial charge in [0.1, 0.15) is 0 Å². The van der Waals surface area contributed by atoms with Gasteiger partial charge in [-0.2, -0.15) is 15.3 Å². The molecule has 10 heteroatoms. The van der Waals surface area contributed by atoms with Crippen molar-refractivity contribution >= 4 is 5.95 Å². The standard InChI is InChI=1S/C23H23N9O/c1-22(2,13-24)14-32-12-16(10-29-32)19-30-20(31-33-19)23(6-3-7-23)17-4-5-18(26-11-17)15-8-27-21(25)28-9-15/h4-5,8-12H,3,6-7,14H2,1-2H3,(H2,25,27,28). The van der Waals surface area contributed by atoms with Crippen LogP contribution in [-0.4, -0.2) is 34.9 Å². The fourth-order valence-corrected chi connectivity index (χ4v) is 4.03. The highest BCUT2D eigenvalue weighted by Gasteiger charge is 2.45. The average Bonchev–Trinajstić information content (AvgIpc) is 3.44. The zero-order valence-electron chi connectivity index (χ0n) is 18.4. The van der Waals surface area contributed by atoms with Crippen LogP contribution < -0.4 is 5.73 Å². The zero-order valence-corrected chi connectivity index (χ0v) is 18.4. The van der Waals surface area contributed by atoms with Crippen LogP contribution >= 0.6 is 0 Å². The van der Waals surface area contributed by atoms with E-state index >= 15 is 0 Å². The fourth-order valence-electron chi connectivity index (χ4n) is 4.03. The van der Waals surface area contributed by atoms with Gasteiger partial charge >= 0.3 is 0 Å². The van der Waals surface area contributed by atoms with Crippen molar-refractivity contribution in [3.05, 3.63) is 54.5 Å². The van der Waals surface area contributed by atoms with E-state index < -0.39 is 5.41 Å². The molecule has 166 valence electrons. The lowest BCUT2D eigenvalue weighted by molar-refractivity contribution is 0.272. The maximum absolute atomic E-state index is 9.26. The van der Waals surface area contributed by atoms with Gasteiger partial charge in [0, 0.05) is 30.4 Å². The Balaban J connectivity index is 1.40. The van der Waals surface area contributed by atoms with E-state index in [1.165, 1.54) is 0 Å². The van der Waals surface area contributed by atoms with E-state index in [4.69, 9.17) is 15.2 Å². The van der Waals surface area contributed by atoms with Crippen molar-refractivity contribution < 1.29 is 4.52 Å². The molecule has 0 amide bonds. The molecule has 1 fully saturated rings. The highest BCUT2D eigenvalue weighted by Crippen LogP contribution is 2.48. The van der Waals surface area contributed by atoms with Gasteiger partial charge in [-0.3, -0.25) is 9.67 Å². The molecule has 4 heterocycles. The highest BCUT2D eigenvalue weighted by molar-refractivity contribution is 5.58. The summed E-state index contributed by atoms with van der Waals surface area (Å²) in [7, 11) is 0. The van der Waals surface area contributed by atoms with Gasteiger partial charge in [-0.15, -0.1) is 0 Å². The van der Waals surface area contributed by atoms with E-state index in [1.54, 1.807) is 23.3 Å². The number of hydrogen-bond donors (Lipinski definition) is 1.